The van der Waals surface area contributed by atoms with Crippen molar-refractivity contribution in [3.05, 3.63) is 88.5 Å². The molecule has 3 aromatic rings. The maximum Gasteiger partial charge on any atom is 0.294 e. The zero-order valence-corrected chi connectivity index (χ0v) is 25.9. The minimum absolute atomic E-state index is 0.213. The third kappa shape index (κ3) is 8.40. The molecule has 44 heavy (non-hydrogen) atoms. The normalized spacial score (nSPS) is 13.2. The first kappa shape index (κ1) is 32.6. The van der Waals surface area contributed by atoms with Gasteiger partial charge in [0.1, 0.15) is 23.9 Å². The summed E-state index contributed by atoms with van der Waals surface area (Å²) in [5.74, 6) is -0.182. The van der Waals surface area contributed by atoms with Crippen molar-refractivity contribution in [3.8, 4) is 11.5 Å². The van der Waals surface area contributed by atoms with Crippen molar-refractivity contribution in [2.45, 2.75) is 12.8 Å². The van der Waals surface area contributed by atoms with Gasteiger partial charge in [-0.15, -0.1) is 0 Å². The largest absolute Gasteiger partial charge is 0.496 e. The van der Waals surface area contributed by atoms with Crippen LogP contribution in [-0.2, 0) is 27.2 Å². The van der Waals surface area contributed by atoms with E-state index in [0.717, 1.165) is 13.1 Å². The van der Waals surface area contributed by atoms with Gasteiger partial charge in [-0.2, -0.15) is 0 Å². The summed E-state index contributed by atoms with van der Waals surface area (Å²) in [6.45, 7) is 7.73. The second-order valence-electron chi connectivity index (χ2n) is 10.3. The molecule has 0 radical (unpaired) electrons. The number of carbonyl (C=O) groups is 3. The molecule has 2 aromatic carbocycles. The van der Waals surface area contributed by atoms with Gasteiger partial charge in [0, 0.05) is 70.0 Å². The van der Waals surface area contributed by atoms with Gasteiger partial charge in [0.25, 0.3) is 11.7 Å². The van der Waals surface area contributed by atoms with Crippen molar-refractivity contribution in [1.29, 1.82) is 0 Å². The van der Waals surface area contributed by atoms with Crippen LogP contribution in [0.15, 0.2) is 55.3 Å². The Morgan fingerprint density at radius 1 is 1.11 bits per heavy atom. The average Bonchev–Trinajstić information content (AvgIpc) is 3.03. The first-order valence-electron chi connectivity index (χ1n) is 14.1. The highest BCUT2D eigenvalue weighted by Gasteiger charge is 2.22. The third-order valence-corrected chi connectivity index (χ3v) is 7.35. The van der Waals surface area contributed by atoms with Crippen molar-refractivity contribution in [2.75, 3.05) is 66.0 Å². The molecule has 11 nitrogen and oxygen atoms in total. The van der Waals surface area contributed by atoms with E-state index >= 15 is 0 Å². The molecule has 0 saturated carbocycles. The van der Waals surface area contributed by atoms with Crippen LogP contribution in [0, 0.1) is 0 Å². The van der Waals surface area contributed by atoms with Crippen molar-refractivity contribution in [2.24, 2.45) is 0 Å². The number of hydrogen-bond acceptors (Lipinski definition) is 9. The van der Waals surface area contributed by atoms with Crippen molar-refractivity contribution in [1.82, 2.24) is 19.8 Å². The number of amides is 2. The van der Waals surface area contributed by atoms with E-state index in [-0.39, 0.29) is 24.3 Å². The lowest BCUT2D eigenvalue weighted by Crippen LogP contribution is -2.38. The third-order valence-electron chi connectivity index (χ3n) is 7.03. The molecule has 2 heterocycles. The second kappa shape index (κ2) is 15.4. The number of methoxy groups -OCH3 is 1. The lowest BCUT2D eigenvalue weighted by molar-refractivity contribution is -0.124. The number of anilines is 1. The van der Waals surface area contributed by atoms with Crippen molar-refractivity contribution < 1.29 is 28.6 Å². The molecule has 0 aliphatic carbocycles. The summed E-state index contributed by atoms with van der Waals surface area (Å²) >= 11 is 6.48. The zero-order valence-electron chi connectivity index (χ0n) is 25.1. The van der Waals surface area contributed by atoms with Gasteiger partial charge in [-0.1, -0.05) is 42.4 Å². The molecule has 0 unspecified atom stereocenters. The van der Waals surface area contributed by atoms with E-state index < -0.39 is 11.7 Å². The molecular weight excluding hydrogens is 586 g/mol. The van der Waals surface area contributed by atoms with Gasteiger partial charge in [-0.3, -0.25) is 19.3 Å². The maximum atomic E-state index is 12.8. The Hall–Kier alpha value is -4.32. The van der Waals surface area contributed by atoms with E-state index in [2.05, 4.69) is 21.8 Å². The van der Waals surface area contributed by atoms with Crippen LogP contribution in [0.3, 0.4) is 0 Å². The molecule has 0 bridgehead atoms. The molecule has 1 aromatic heterocycles. The monoisotopic (exact) mass is 621 g/mol. The molecule has 12 heteroatoms. The Balaban J connectivity index is 1.58. The van der Waals surface area contributed by atoms with Crippen molar-refractivity contribution in [3.63, 3.8) is 0 Å². The van der Waals surface area contributed by atoms with E-state index in [1.54, 1.807) is 43.5 Å². The maximum absolute atomic E-state index is 12.8. The number of nitrogens with one attached hydrogen (secondary N) is 1. The number of aromatic nitrogens is 2. The molecular formula is C32H36ClN5O6. The topological polar surface area (TPSA) is 123 Å². The minimum Gasteiger partial charge on any atom is -0.496 e. The van der Waals surface area contributed by atoms with Gasteiger partial charge in [-0.25, -0.2) is 9.97 Å². The molecule has 0 spiro atoms. The fraction of sp³-hybridized carbons (Fsp3) is 0.344. The van der Waals surface area contributed by atoms with Crippen LogP contribution in [0.1, 0.15) is 33.0 Å². The summed E-state index contributed by atoms with van der Waals surface area (Å²) in [5.41, 5.74) is 2.56. The van der Waals surface area contributed by atoms with E-state index in [1.165, 1.54) is 31.3 Å². The number of nitrogens with zero attached hydrogens (tertiary/aromatic N) is 4. The first-order chi connectivity index (χ1) is 21.2. The number of rotatable bonds is 13. The molecule has 2 amide bonds. The summed E-state index contributed by atoms with van der Waals surface area (Å²) in [6, 6.07) is 10.4. The smallest absolute Gasteiger partial charge is 0.294 e. The number of carbonyl (C=O) groups excluding carboxylic acids is 3. The van der Waals surface area contributed by atoms with Gasteiger partial charge in [-0.05, 0) is 17.7 Å². The highest BCUT2D eigenvalue weighted by molar-refractivity contribution is 6.43. The van der Waals surface area contributed by atoms with E-state index in [4.69, 9.17) is 30.8 Å². The van der Waals surface area contributed by atoms with Gasteiger partial charge < -0.3 is 24.4 Å². The Kier molecular flexibility index (Phi) is 11.4. The van der Waals surface area contributed by atoms with Gasteiger partial charge in [0.15, 0.2) is 0 Å². The predicted molar refractivity (Wildman–Crippen MR) is 167 cm³/mol. The molecule has 0 atom stereocenters. The lowest BCUT2D eigenvalue weighted by atomic mass is 9.99. The number of morpholine rings is 1. The van der Waals surface area contributed by atoms with Crippen LogP contribution in [0.2, 0.25) is 5.02 Å². The molecule has 1 aliphatic rings. The van der Waals surface area contributed by atoms with Gasteiger partial charge in [0.2, 0.25) is 5.91 Å². The summed E-state index contributed by atoms with van der Waals surface area (Å²) < 4.78 is 17.2. The minimum atomic E-state index is -0.619. The molecule has 1 saturated heterocycles. The molecule has 232 valence electrons. The highest BCUT2D eigenvalue weighted by atomic mass is 35.5. The fourth-order valence-corrected chi connectivity index (χ4v) is 4.82. The number of benzene rings is 2. The predicted octanol–water partition coefficient (Wildman–Crippen LogP) is 3.43. The van der Waals surface area contributed by atoms with Crippen LogP contribution in [-0.4, -0.2) is 98.0 Å². The number of halogens is 1. The van der Waals surface area contributed by atoms with Crippen LogP contribution < -0.4 is 14.8 Å². The summed E-state index contributed by atoms with van der Waals surface area (Å²) in [4.78, 5) is 50.1. The SMILES string of the molecule is C=CC(=O)Nc1cc(Cc2ncc(Cl)c(Cc3ccccc3C(=O)C(=O)N(C)C)n2)c(OC)cc1OCCN1CCOCC1. The summed E-state index contributed by atoms with van der Waals surface area (Å²) in [5, 5.41) is 3.14. The van der Waals surface area contributed by atoms with Crippen LogP contribution in [0.5, 0.6) is 11.5 Å². The molecule has 1 N–H and O–H groups in total. The van der Waals surface area contributed by atoms with Crippen LogP contribution >= 0.6 is 11.6 Å². The van der Waals surface area contributed by atoms with Crippen molar-refractivity contribution >= 4 is 34.9 Å². The van der Waals surface area contributed by atoms with Crippen LogP contribution in [0.4, 0.5) is 5.69 Å². The Bertz CT molecular complexity index is 1520. The van der Waals surface area contributed by atoms with Gasteiger partial charge in [0.05, 0.1) is 36.7 Å². The quantitative estimate of drug-likeness (QED) is 0.174. The van der Waals surface area contributed by atoms with E-state index in [1.807, 2.05) is 0 Å². The Labute approximate surface area is 261 Å². The summed E-state index contributed by atoms with van der Waals surface area (Å²) in [6.07, 6.45) is 3.15. The Morgan fingerprint density at radius 3 is 2.57 bits per heavy atom. The standard InChI is InChI=1S/C32H36ClN5O6/c1-5-30(39)36-26-17-22(27(42-4)19-28(26)44-15-12-38-10-13-43-14-11-38)18-29-34-20-24(33)25(35-29)16-21-8-6-7-9-23(21)31(40)32(41)37(2)3/h5-9,17,19-20H,1,10-16,18H2,2-4H3,(H,36,39). The zero-order chi connectivity index (χ0) is 31.6. The molecule has 4 rings (SSSR count). The average molecular weight is 622 g/mol. The number of likely N-dealkylation sites (N-methyl/N-ethyl adjacent to an activating group) is 1. The second-order valence-corrected chi connectivity index (χ2v) is 10.7. The number of ketones is 1. The first-order valence-corrected chi connectivity index (χ1v) is 14.5. The number of ether oxygens (including phenoxy) is 3. The van der Waals surface area contributed by atoms with E-state index in [9.17, 15) is 14.4 Å². The van der Waals surface area contributed by atoms with E-state index in [0.29, 0.717) is 71.2 Å². The number of hydrogen-bond donors (Lipinski definition) is 1. The molecule has 1 aliphatic heterocycles. The highest BCUT2D eigenvalue weighted by Crippen LogP contribution is 2.34. The lowest BCUT2D eigenvalue weighted by Gasteiger charge is -2.26. The molecule has 1 fully saturated rings. The number of Topliss-reactive ketones (excluding diaryl/α,β-unsaturated/α-hetero) is 1. The van der Waals surface area contributed by atoms with Crippen LogP contribution in [0.25, 0.3) is 0 Å². The fourth-order valence-electron chi connectivity index (χ4n) is 4.66. The van der Waals surface area contributed by atoms with Gasteiger partial charge >= 0.3 is 0 Å². The Morgan fingerprint density at radius 2 is 1.86 bits per heavy atom. The summed E-state index contributed by atoms with van der Waals surface area (Å²) in [7, 11) is 4.61.